The largest absolute Gasteiger partial charge is 0.482 e. The van der Waals surface area contributed by atoms with E-state index in [4.69, 9.17) is 9.84 Å². The zero-order chi connectivity index (χ0) is 15.9. The molecule has 0 aliphatic heterocycles. The van der Waals surface area contributed by atoms with Gasteiger partial charge in [0.2, 0.25) is 0 Å². The Morgan fingerprint density at radius 2 is 2.00 bits per heavy atom. The lowest BCUT2D eigenvalue weighted by Crippen LogP contribution is -2.18. The van der Waals surface area contributed by atoms with Crippen LogP contribution in [0.5, 0.6) is 5.75 Å². The monoisotopic (exact) mass is 318 g/mol. The van der Waals surface area contributed by atoms with E-state index in [9.17, 15) is 9.59 Å². The molecule has 0 aliphatic carbocycles. The van der Waals surface area contributed by atoms with Gasteiger partial charge in [-0.05, 0) is 48.2 Å². The maximum Gasteiger partial charge on any atom is 0.341 e. The average molecular weight is 318 g/mol. The molecule has 6 nitrogen and oxygen atoms in total. The number of carbonyl (C=O) groups is 2. The molecule has 0 saturated carbocycles. The number of carbonyl (C=O) groups excluding carboxylic acids is 1. The van der Waals surface area contributed by atoms with E-state index in [0.717, 1.165) is 5.56 Å². The first-order valence-electron chi connectivity index (χ1n) is 6.39. The first kappa shape index (κ1) is 15.7. The maximum absolute atomic E-state index is 11.8. The molecule has 0 radical (unpaired) electrons. The smallest absolute Gasteiger partial charge is 0.341 e. The number of hydrogen-bond acceptors (Lipinski definition) is 5. The zero-order valence-corrected chi connectivity index (χ0v) is 12.6. The summed E-state index contributed by atoms with van der Waals surface area (Å²) in [5.41, 5.74) is 3.92. The minimum absolute atomic E-state index is 0.254. The van der Waals surface area contributed by atoms with Gasteiger partial charge in [0.15, 0.2) is 6.61 Å². The Hall–Kier alpha value is -2.67. The molecule has 114 valence electrons. The van der Waals surface area contributed by atoms with E-state index in [1.54, 1.807) is 43.3 Å². The Labute approximate surface area is 131 Å². The predicted molar refractivity (Wildman–Crippen MR) is 83.6 cm³/mol. The number of amides is 1. The molecule has 0 atom stereocenters. The lowest BCUT2D eigenvalue weighted by atomic mass is 10.1. The van der Waals surface area contributed by atoms with Crippen molar-refractivity contribution in [2.75, 3.05) is 6.61 Å². The number of aliphatic carboxylic acids is 1. The van der Waals surface area contributed by atoms with Gasteiger partial charge in [0.1, 0.15) is 5.75 Å². The van der Waals surface area contributed by atoms with E-state index in [2.05, 4.69) is 10.5 Å². The molecule has 2 rings (SSSR count). The number of carboxylic acid groups (broad SMARTS) is 1. The van der Waals surface area contributed by atoms with Crippen LogP contribution in [0.2, 0.25) is 0 Å². The zero-order valence-electron chi connectivity index (χ0n) is 11.8. The van der Waals surface area contributed by atoms with Gasteiger partial charge >= 0.3 is 5.97 Å². The van der Waals surface area contributed by atoms with E-state index in [0.29, 0.717) is 16.3 Å². The SMILES string of the molecule is C/C(=N\NC(=O)c1cccs1)c1ccc(OCC(=O)O)cc1. The first-order valence-corrected chi connectivity index (χ1v) is 7.27. The van der Waals surface area contributed by atoms with Crippen molar-refractivity contribution in [3.05, 3.63) is 52.2 Å². The van der Waals surface area contributed by atoms with E-state index in [1.807, 2.05) is 5.38 Å². The fourth-order valence-corrected chi connectivity index (χ4v) is 2.21. The Balaban J connectivity index is 1.96. The molecular formula is C15H14N2O4S. The highest BCUT2D eigenvalue weighted by Gasteiger charge is 2.06. The minimum atomic E-state index is -1.03. The molecule has 1 heterocycles. The van der Waals surface area contributed by atoms with Crippen LogP contribution in [0.15, 0.2) is 46.9 Å². The second-order valence-electron chi connectivity index (χ2n) is 4.32. The van der Waals surface area contributed by atoms with Crippen molar-refractivity contribution < 1.29 is 19.4 Å². The summed E-state index contributed by atoms with van der Waals surface area (Å²) in [6, 6.07) is 10.3. The lowest BCUT2D eigenvalue weighted by Gasteiger charge is -2.05. The third-order valence-corrected chi connectivity index (χ3v) is 3.57. The molecule has 0 fully saturated rings. The van der Waals surface area contributed by atoms with Crippen molar-refractivity contribution in [3.63, 3.8) is 0 Å². The summed E-state index contributed by atoms with van der Waals surface area (Å²) in [4.78, 5) is 22.8. The number of rotatable bonds is 6. The highest BCUT2D eigenvalue weighted by atomic mass is 32.1. The Morgan fingerprint density at radius 3 is 2.59 bits per heavy atom. The highest BCUT2D eigenvalue weighted by molar-refractivity contribution is 7.12. The minimum Gasteiger partial charge on any atom is -0.482 e. The van der Waals surface area contributed by atoms with Gasteiger partial charge in [-0.3, -0.25) is 4.79 Å². The van der Waals surface area contributed by atoms with Crippen molar-refractivity contribution in [1.29, 1.82) is 0 Å². The lowest BCUT2D eigenvalue weighted by molar-refractivity contribution is -0.139. The molecule has 7 heteroatoms. The number of carboxylic acids is 1. The summed E-state index contributed by atoms with van der Waals surface area (Å²) in [5.74, 6) is -0.824. The molecule has 1 aromatic heterocycles. The summed E-state index contributed by atoms with van der Waals surface area (Å²) in [7, 11) is 0. The number of ether oxygens (including phenoxy) is 1. The number of hydrogen-bond donors (Lipinski definition) is 2. The Bertz CT molecular complexity index is 678. The van der Waals surface area contributed by atoms with Crippen molar-refractivity contribution in [2.24, 2.45) is 5.10 Å². The first-order chi connectivity index (χ1) is 10.6. The van der Waals surface area contributed by atoms with E-state index < -0.39 is 5.97 Å². The molecule has 1 amide bonds. The maximum atomic E-state index is 11.8. The van der Waals surface area contributed by atoms with Crippen LogP contribution in [-0.4, -0.2) is 29.3 Å². The fourth-order valence-electron chi connectivity index (χ4n) is 1.60. The van der Waals surface area contributed by atoms with Crippen LogP contribution in [0, 0.1) is 0 Å². The third-order valence-electron chi connectivity index (χ3n) is 2.70. The van der Waals surface area contributed by atoms with Crippen LogP contribution < -0.4 is 10.2 Å². The number of benzene rings is 1. The number of nitrogens with zero attached hydrogens (tertiary/aromatic N) is 1. The Morgan fingerprint density at radius 1 is 1.27 bits per heavy atom. The van der Waals surface area contributed by atoms with Crippen molar-refractivity contribution in [3.8, 4) is 5.75 Å². The number of hydrazone groups is 1. The van der Waals surface area contributed by atoms with Gasteiger partial charge in [-0.1, -0.05) is 6.07 Å². The topological polar surface area (TPSA) is 88.0 Å². The van der Waals surface area contributed by atoms with Crippen LogP contribution in [0.4, 0.5) is 0 Å². The summed E-state index contributed by atoms with van der Waals surface area (Å²) in [6.45, 7) is 1.38. The molecule has 0 unspecified atom stereocenters. The van der Waals surface area contributed by atoms with Crippen LogP contribution in [-0.2, 0) is 4.79 Å². The summed E-state index contributed by atoms with van der Waals surface area (Å²) in [6.07, 6.45) is 0. The van der Waals surface area contributed by atoms with Gasteiger partial charge in [0.05, 0.1) is 10.6 Å². The van der Waals surface area contributed by atoms with Crippen molar-refractivity contribution in [1.82, 2.24) is 5.43 Å². The average Bonchev–Trinajstić information content (AvgIpc) is 3.05. The fraction of sp³-hybridized carbons (Fsp3) is 0.133. The van der Waals surface area contributed by atoms with Crippen LogP contribution in [0.25, 0.3) is 0 Å². The molecule has 2 N–H and O–H groups in total. The van der Waals surface area contributed by atoms with Gasteiger partial charge in [-0.2, -0.15) is 5.10 Å². The standard InChI is InChI=1S/C15H14N2O4S/c1-10(16-17-15(20)13-3-2-8-22-13)11-4-6-12(7-5-11)21-9-14(18)19/h2-8H,9H2,1H3,(H,17,20)(H,18,19)/b16-10+. The predicted octanol–water partition coefficient (Wildman–Crippen LogP) is 2.37. The highest BCUT2D eigenvalue weighted by Crippen LogP contribution is 2.13. The molecule has 0 saturated heterocycles. The van der Waals surface area contributed by atoms with Crippen LogP contribution >= 0.6 is 11.3 Å². The van der Waals surface area contributed by atoms with Gasteiger partial charge in [-0.25, -0.2) is 10.2 Å². The second kappa shape index (κ2) is 7.37. The van der Waals surface area contributed by atoms with E-state index in [-0.39, 0.29) is 12.5 Å². The number of nitrogens with one attached hydrogen (secondary N) is 1. The Kier molecular flexibility index (Phi) is 5.26. The third kappa shape index (κ3) is 4.42. The molecule has 1 aromatic carbocycles. The summed E-state index contributed by atoms with van der Waals surface area (Å²) < 4.78 is 5.04. The molecule has 22 heavy (non-hydrogen) atoms. The molecule has 0 bridgehead atoms. The van der Waals surface area contributed by atoms with E-state index in [1.165, 1.54) is 11.3 Å². The van der Waals surface area contributed by atoms with Gasteiger partial charge in [0, 0.05) is 0 Å². The van der Waals surface area contributed by atoms with Crippen LogP contribution in [0.3, 0.4) is 0 Å². The molecular weight excluding hydrogens is 304 g/mol. The molecule has 0 aliphatic rings. The number of thiophene rings is 1. The van der Waals surface area contributed by atoms with Crippen LogP contribution in [0.1, 0.15) is 22.2 Å². The molecule has 2 aromatic rings. The second-order valence-corrected chi connectivity index (χ2v) is 5.27. The summed E-state index contributed by atoms with van der Waals surface area (Å²) >= 11 is 1.34. The van der Waals surface area contributed by atoms with Gasteiger partial charge in [0.25, 0.3) is 5.91 Å². The van der Waals surface area contributed by atoms with E-state index >= 15 is 0 Å². The normalized spacial score (nSPS) is 11.0. The quantitative estimate of drug-likeness (QED) is 0.632. The van der Waals surface area contributed by atoms with Crippen molar-refractivity contribution in [2.45, 2.75) is 6.92 Å². The van der Waals surface area contributed by atoms with Gasteiger partial charge in [-0.15, -0.1) is 11.3 Å². The van der Waals surface area contributed by atoms with Crippen molar-refractivity contribution >= 4 is 28.9 Å². The van der Waals surface area contributed by atoms with Gasteiger partial charge < -0.3 is 9.84 Å². The molecule has 0 spiro atoms. The summed E-state index contributed by atoms with van der Waals surface area (Å²) in [5, 5.41) is 14.4.